The monoisotopic (exact) mass is 225 g/mol. The second kappa shape index (κ2) is 4.80. The van der Waals surface area contributed by atoms with Crippen LogP contribution in [0.3, 0.4) is 0 Å². The number of rotatable bonds is 1. The molecule has 0 aromatic heterocycles. The molecule has 0 unspecified atom stereocenters. The first-order valence-corrected chi connectivity index (χ1v) is 4.89. The van der Waals surface area contributed by atoms with Crippen molar-refractivity contribution in [3.8, 4) is 11.5 Å². The van der Waals surface area contributed by atoms with Crippen LogP contribution in [0.4, 0.5) is 5.69 Å². The van der Waals surface area contributed by atoms with Crippen molar-refractivity contribution in [3.63, 3.8) is 0 Å². The molecule has 0 radical (unpaired) electrons. The van der Waals surface area contributed by atoms with Crippen molar-refractivity contribution in [1.82, 2.24) is 0 Å². The van der Waals surface area contributed by atoms with Gasteiger partial charge in [-0.05, 0) is 6.07 Å². The molecule has 1 aliphatic rings. The van der Waals surface area contributed by atoms with Crippen LogP contribution >= 0.6 is 0 Å². The van der Waals surface area contributed by atoms with Crippen molar-refractivity contribution >= 4 is 5.69 Å². The number of ether oxygens (including phenoxy) is 3. The second-order valence-corrected chi connectivity index (χ2v) is 3.20. The zero-order valence-electron chi connectivity index (χ0n) is 8.55. The predicted octanol–water partition coefficient (Wildman–Crippen LogP) is 1.38. The Morgan fingerprint density at radius 2 is 1.75 bits per heavy atom. The van der Waals surface area contributed by atoms with E-state index in [0.29, 0.717) is 37.9 Å². The molecule has 0 aliphatic carbocycles. The quantitative estimate of drug-likeness (QED) is 0.533. The lowest BCUT2D eigenvalue weighted by atomic mass is 10.3. The number of non-ortho nitro benzene ring substituents is 1. The van der Waals surface area contributed by atoms with Gasteiger partial charge in [-0.25, -0.2) is 0 Å². The Labute approximate surface area is 91.9 Å². The molecule has 0 N–H and O–H groups in total. The molecule has 6 nitrogen and oxygen atoms in total. The van der Waals surface area contributed by atoms with Crippen LogP contribution in [-0.4, -0.2) is 31.4 Å². The van der Waals surface area contributed by atoms with E-state index < -0.39 is 4.92 Å². The SMILES string of the molecule is O=[N+]([O-])c1ccc2c(c1)OCCOCCO2. The molecule has 0 bridgehead atoms. The normalized spacial score (nSPS) is 15.8. The van der Waals surface area contributed by atoms with Gasteiger partial charge in [0.15, 0.2) is 11.5 Å². The van der Waals surface area contributed by atoms with E-state index in [1.165, 1.54) is 12.1 Å². The highest BCUT2D eigenvalue weighted by Crippen LogP contribution is 2.31. The number of nitro benzene ring substituents is 1. The van der Waals surface area contributed by atoms with E-state index in [-0.39, 0.29) is 5.69 Å². The van der Waals surface area contributed by atoms with Crippen molar-refractivity contribution in [1.29, 1.82) is 0 Å². The first kappa shape index (κ1) is 10.7. The van der Waals surface area contributed by atoms with Crippen molar-refractivity contribution in [2.45, 2.75) is 0 Å². The van der Waals surface area contributed by atoms with Gasteiger partial charge in [0.25, 0.3) is 5.69 Å². The van der Waals surface area contributed by atoms with Crippen LogP contribution in [0.2, 0.25) is 0 Å². The molecule has 16 heavy (non-hydrogen) atoms. The van der Waals surface area contributed by atoms with E-state index in [1.807, 2.05) is 0 Å². The van der Waals surface area contributed by atoms with Crippen LogP contribution in [0.15, 0.2) is 18.2 Å². The minimum Gasteiger partial charge on any atom is -0.487 e. The zero-order valence-corrected chi connectivity index (χ0v) is 8.55. The Morgan fingerprint density at radius 1 is 1.06 bits per heavy atom. The van der Waals surface area contributed by atoms with E-state index in [0.717, 1.165) is 0 Å². The molecule has 0 saturated carbocycles. The minimum absolute atomic E-state index is 0.0116. The van der Waals surface area contributed by atoms with Gasteiger partial charge < -0.3 is 14.2 Å². The van der Waals surface area contributed by atoms with E-state index in [4.69, 9.17) is 14.2 Å². The maximum absolute atomic E-state index is 10.6. The topological polar surface area (TPSA) is 70.8 Å². The van der Waals surface area contributed by atoms with Gasteiger partial charge in [-0.3, -0.25) is 10.1 Å². The summed E-state index contributed by atoms with van der Waals surface area (Å²) in [4.78, 5) is 10.1. The van der Waals surface area contributed by atoms with Crippen LogP contribution in [-0.2, 0) is 4.74 Å². The van der Waals surface area contributed by atoms with Crippen molar-refractivity contribution in [3.05, 3.63) is 28.3 Å². The van der Waals surface area contributed by atoms with Crippen molar-refractivity contribution in [2.75, 3.05) is 26.4 Å². The highest BCUT2D eigenvalue weighted by Gasteiger charge is 2.14. The van der Waals surface area contributed by atoms with E-state index in [1.54, 1.807) is 6.07 Å². The molecule has 1 heterocycles. The van der Waals surface area contributed by atoms with Gasteiger partial charge in [0.05, 0.1) is 24.2 Å². The summed E-state index contributed by atoms with van der Waals surface area (Å²) in [6, 6.07) is 4.29. The van der Waals surface area contributed by atoms with Gasteiger partial charge in [0, 0.05) is 6.07 Å². The van der Waals surface area contributed by atoms with Crippen LogP contribution in [0.5, 0.6) is 11.5 Å². The van der Waals surface area contributed by atoms with Gasteiger partial charge in [-0.2, -0.15) is 0 Å². The van der Waals surface area contributed by atoms with Gasteiger partial charge >= 0.3 is 0 Å². The Bertz CT molecular complexity index is 393. The third-order valence-electron chi connectivity index (χ3n) is 2.11. The summed E-state index contributed by atoms with van der Waals surface area (Å²) in [6.45, 7) is 1.71. The first-order chi connectivity index (χ1) is 7.77. The third kappa shape index (κ3) is 2.40. The van der Waals surface area contributed by atoms with Crippen LogP contribution in [0.25, 0.3) is 0 Å². The first-order valence-electron chi connectivity index (χ1n) is 4.89. The molecule has 0 spiro atoms. The maximum Gasteiger partial charge on any atom is 0.273 e. The minimum atomic E-state index is -0.465. The lowest BCUT2D eigenvalue weighted by Crippen LogP contribution is -2.08. The molecule has 86 valence electrons. The van der Waals surface area contributed by atoms with Crippen LogP contribution in [0, 0.1) is 10.1 Å². The molecular formula is C10H11NO5. The van der Waals surface area contributed by atoms with E-state index in [9.17, 15) is 10.1 Å². The summed E-state index contributed by atoms with van der Waals surface area (Å²) in [6.07, 6.45) is 0. The van der Waals surface area contributed by atoms with Gasteiger partial charge in [-0.1, -0.05) is 0 Å². The number of hydrogen-bond acceptors (Lipinski definition) is 5. The largest absolute Gasteiger partial charge is 0.487 e. The molecule has 0 saturated heterocycles. The smallest absolute Gasteiger partial charge is 0.273 e. The average molecular weight is 225 g/mol. The van der Waals surface area contributed by atoms with Gasteiger partial charge in [-0.15, -0.1) is 0 Å². The van der Waals surface area contributed by atoms with Crippen LogP contribution in [0.1, 0.15) is 0 Å². The summed E-state index contributed by atoms with van der Waals surface area (Å²) in [7, 11) is 0. The van der Waals surface area contributed by atoms with Crippen LogP contribution < -0.4 is 9.47 Å². The predicted molar refractivity (Wildman–Crippen MR) is 54.9 cm³/mol. The van der Waals surface area contributed by atoms with Crippen molar-refractivity contribution in [2.24, 2.45) is 0 Å². The summed E-state index contributed by atoms with van der Waals surface area (Å²) in [5.41, 5.74) is -0.0116. The molecule has 6 heteroatoms. The Morgan fingerprint density at radius 3 is 2.44 bits per heavy atom. The molecule has 2 rings (SSSR count). The zero-order chi connectivity index (χ0) is 11.4. The molecule has 1 aliphatic heterocycles. The molecule has 0 fully saturated rings. The summed E-state index contributed by atoms with van der Waals surface area (Å²) >= 11 is 0. The number of fused-ring (bicyclic) bond motifs is 1. The molecule has 0 amide bonds. The standard InChI is InChI=1S/C10H11NO5/c12-11(13)8-1-2-9-10(7-8)16-6-4-14-3-5-15-9/h1-2,7H,3-6H2. The molecular weight excluding hydrogens is 214 g/mol. The summed E-state index contributed by atoms with van der Waals surface area (Å²) in [5, 5.41) is 10.6. The highest BCUT2D eigenvalue weighted by atomic mass is 16.6. The fraction of sp³-hybridized carbons (Fsp3) is 0.400. The number of benzene rings is 1. The van der Waals surface area contributed by atoms with Crippen molar-refractivity contribution < 1.29 is 19.1 Å². The van der Waals surface area contributed by atoms with E-state index in [2.05, 4.69) is 0 Å². The fourth-order valence-corrected chi connectivity index (χ4v) is 1.37. The second-order valence-electron chi connectivity index (χ2n) is 3.20. The lowest BCUT2D eigenvalue weighted by molar-refractivity contribution is -0.385. The highest BCUT2D eigenvalue weighted by molar-refractivity contribution is 5.48. The lowest BCUT2D eigenvalue weighted by Gasteiger charge is -2.09. The Balaban J connectivity index is 2.27. The Kier molecular flexibility index (Phi) is 3.21. The van der Waals surface area contributed by atoms with E-state index >= 15 is 0 Å². The number of nitro groups is 1. The molecule has 1 aromatic carbocycles. The Hall–Kier alpha value is -1.82. The maximum atomic E-state index is 10.6. The van der Waals surface area contributed by atoms with Gasteiger partial charge in [0.2, 0.25) is 0 Å². The average Bonchev–Trinajstić information content (AvgIpc) is 2.39. The molecule has 0 atom stereocenters. The third-order valence-corrected chi connectivity index (χ3v) is 2.11. The van der Waals surface area contributed by atoms with Gasteiger partial charge in [0.1, 0.15) is 13.2 Å². The molecule has 1 aromatic rings. The fourth-order valence-electron chi connectivity index (χ4n) is 1.37. The summed E-state index contributed by atoms with van der Waals surface area (Å²) in [5.74, 6) is 0.899. The number of hydrogen-bond donors (Lipinski definition) is 0. The summed E-state index contributed by atoms with van der Waals surface area (Å²) < 4.78 is 15.9. The number of nitrogens with zero attached hydrogens (tertiary/aromatic N) is 1.